The van der Waals surface area contributed by atoms with Crippen molar-refractivity contribution in [3.8, 4) is 0 Å². The van der Waals surface area contributed by atoms with Crippen LogP contribution in [0.1, 0.15) is 16.9 Å². The zero-order valence-electron chi connectivity index (χ0n) is 9.81. The first-order chi connectivity index (χ1) is 8.88. The quantitative estimate of drug-likeness (QED) is 0.823. The number of hydrogen-bond donors (Lipinski definition) is 1. The summed E-state index contributed by atoms with van der Waals surface area (Å²) in [7, 11) is 0. The first-order valence-corrected chi connectivity index (χ1v) is 5.52. The standard InChI is InChI=1S/C11H11F3N4O/c12-11(13,14)7-3-5-18(6-4-7)9-2-1-8(10(15)19)16-17-9/h1-3H,4-6H2,(H2,15,19). The van der Waals surface area contributed by atoms with Gasteiger partial charge in [-0.3, -0.25) is 4.79 Å². The number of amides is 1. The molecular weight excluding hydrogens is 261 g/mol. The van der Waals surface area contributed by atoms with Gasteiger partial charge in [0.05, 0.1) is 0 Å². The van der Waals surface area contributed by atoms with Crippen molar-refractivity contribution in [2.45, 2.75) is 12.6 Å². The number of carbonyl (C=O) groups excluding carboxylic acids is 1. The number of aromatic nitrogens is 2. The van der Waals surface area contributed by atoms with Crippen LogP contribution in [-0.2, 0) is 0 Å². The minimum atomic E-state index is -4.27. The molecule has 2 rings (SSSR count). The number of rotatable bonds is 2. The monoisotopic (exact) mass is 272 g/mol. The Labute approximate surface area is 106 Å². The molecule has 1 aromatic rings. The molecule has 0 saturated carbocycles. The summed E-state index contributed by atoms with van der Waals surface area (Å²) in [5, 5.41) is 7.39. The molecule has 5 nitrogen and oxygen atoms in total. The van der Waals surface area contributed by atoms with Crippen molar-refractivity contribution in [3.63, 3.8) is 0 Å². The second-order valence-corrected chi connectivity index (χ2v) is 4.06. The van der Waals surface area contributed by atoms with E-state index in [2.05, 4.69) is 10.2 Å². The predicted octanol–water partition coefficient (Wildman–Crippen LogP) is 1.27. The van der Waals surface area contributed by atoms with E-state index >= 15 is 0 Å². The summed E-state index contributed by atoms with van der Waals surface area (Å²) in [6.07, 6.45) is -3.23. The van der Waals surface area contributed by atoms with Crippen molar-refractivity contribution in [2.75, 3.05) is 18.0 Å². The zero-order valence-corrected chi connectivity index (χ0v) is 9.81. The van der Waals surface area contributed by atoms with Crippen LogP contribution in [0.2, 0.25) is 0 Å². The summed E-state index contributed by atoms with van der Waals surface area (Å²) in [5.41, 5.74) is 4.52. The Morgan fingerprint density at radius 3 is 2.47 bits per heavy atom. The molecule has 1 amide bonds. The summed E-state index contributed by atoms with van der Waals surface area (Å²) >= 11 is 0. The molecule has 102 valence electrons. The second-order valence-electron chi connectivity index (χ2n) is 4.06. The van der Waals surface area contributed by atoms with Gasteiger partial charge in [-0.25, -0.2) is 0 Å². The summed E-state index contributed by atoms with van der Waals surface area (Å²) in [5.74, 6) is -0.278. The van der Waals surface area contributed by atoms with E-state index in [1.165, 1.54) is 12.1 Å². The molecule has 0 radical (unpaired) electrons. The number of carbonyl (C=O) groups is 1. The van der Waals surface area contributed by atoms with Crippen LogP contribution in [0, 0.1) is 0 Å². The van der Waals surface area contributed by atoms with Gasteiger partial charge in [0.1, 0.15) is 0 Å². The highest BCUT2D eigenvalue weighted by atomic mass is 19.4. The molecule has 0 aliphatic carbocycles. The molecule has 0 aromatic carbocycles. The molecule has 19 heavy (non-hydrogen) atoms. The fraction of sp³-hybridized carbons (Fsp3) is 0.364. The van der Waals surface area contributed by atoms with E-state index in [9.17, 15) is 18.0 Å². The highest BCUT2D eigenvalue weighted by Crippen LogP contribution is 2.30. The first kappa shape index (κ1) is 13.3. The zero-order chi connectivity index (χ0) is 14.0. The Morgan fingerprint density at radius 2 is 2.05 bits per heavy atom. The van der Waals surface area contributed by atoms with Gasteiger partial charge in [0.15, 0.2) is 11.5 Å². The Balaban J connectivity index is 2.09. The lowest BCUT2D eigenvalue weighted by atomic mass is 10.1. The summed E-state index contributed by atoms with van der Waals surface area (Å²) in [6.45, 7) is 0.315. The van der Waals surface area contributed by atoms with Gasteiger partial charge >= 0.3 is 6.18 Å². The maximum atomic E-state index is 12.4. The molecule has 0 bridgehead atoms. The van der Waals surface area contributed by atoms with E-state index in [0.717, 1.165) is 6.08 Å². The predicted molar refractivity (Wildman–Crippen MR) is 61.5 cm³/mol. The Morgan fingerprint density at radius 1 is 1.32 bits per heavy atom. The van der Waals surface area contributed by atoms with Crippen molar-refractivity contribution in [1.82, 2.24) is 10.2 Å². The lowest BCUT2D eigenvalue weighted by molar-refractivity contribution is -0.0944. The summed E-state index contributed by atoms with van der Waals surface area (Å²) in [6, 6.07) is 2.91. The topological polar surface area (TPSA) is 72.1 Å². The van der Waals surface area contributed by atoms with Crippen LogP contribution < -0.4 is 10.6 Å². The Kier molecular flexibility index (Phi) is 3.41. The Hall–Kier alpha value is -2.12. The van der Waals surface area contributed by atoms with Crippen LogP contribution in [-0.4, -0.2) is 35.4 Å². The first-order valence-electron chi connectivity index (χ1n) is 5.52. The number of hydrogen-bond acceptors (Lipinski definition) is 4. The van der Waals surface area contributed by atoms with Crippen LogP contribution >= 0.6 is 0 Å². The van der Waals surface area contributed by atoms with Crippen molar-refractivity contribution in [1.29, 1.82) is 0 Å². The van der Waals surface area contributed by atoms with Gasteiger partial charge in [-0.1, -0.05) is 6.08 Å². The van der Waals surface area contributed by atoms with Crippen LogP contribution in [0.4, 0.5) is 19.0 Å². The smallest absolute Gasteiger partial charge is 0.364 e. The number of nitrogens with two attached hydrogens (primary N) is 1. The number of halogens is 3. The maximum Gasteiger partial charge on any atom is 0.412 e. The lowest BCUT2D eigenvalue weighted by Gasteiger charge is -2.27. The van der Waals surface area contributed by atoms with Crippen LogP contribution in [0.15, 0.2) is 23.8 Å². The number of nitrogens with zero attached hydrogens (tertiary/aromatic N) is 3. The summed E-state index contributed by atoms with van der Waals surface area (Å²) < 4.78 is 37.3. The van der Waals surface area contributed by atoms with Crippen molar-refractivity contribution >= 4 is 11.7 Å². The fourth-order valence-corrected chi connectivity index (χ4v) is 1.76. The molecule has 0 saturated heterocycles. The van der Waals surface area contributed by atoms with E-state index in [0.29, 0.717) is 5.82 Å². The SMILES string of the molecule is NC(=O)c1ccc(N2CC=C(C(F)(F)F)CC2)nn1. The fourth-order valence-electron chi connectivity index (χ4n) is 1.76. The molecule has 1 aromatic heterocycles. The highest BCUT2D eigenvalue weighted by molar-refractivity contribution is 5.90. The van der Waals surface area contributed by atoms with E-state index < -0.39 is 17.7 Å². The molecule has 0 atom stereocenters. The normalized spacial score (nSPS) is 16.2. The molecule has 0 unspecified atom stereocenters. The van der Waals surface area contributed by atoms with Gasteiger partial charge in [0, 0.05) is 18.7 Å². The molecule has 1 aliphatic rings. The van der Waals surface area contributed by atoms with Crippen LogP contribution in [0.5, 0.6) is 0 Å². The molecule has 0 spiro atoms. The lowest BCUT2D eigenvalue weighted by Crippen LogP contribution is -2.32. The molecule has 0 fully saturated rings. The van der Waals surface area contributed by atoms with Gasteiger partial charge < -0.3 is 10.6 Å². The number of alkyl halides is 3. The van der Waals surface area contributed by atoms with Crippen LogP contribution in [0.25, 0.3) is 0 Å². The minimum Gasteiger partial charge on any atom is -0.364 e. The minimum absolute atomic E-state index is 0.0206. The average molecular weight is 272 g/mol. The Bertz CT molecular complexity index is 510. The molecular formula is C11H11F3N4O. The third-order valence-corrected chi connectivity index (χ3v) is 2.80. The molecule has 2 N–H and O–H groups in total. The maximum absolute atomic E-state index is 12.4. The van der Waals surface area contributed by atoms with Crippen molar-refractivity contribution < 1.29 is 18.0 Å². The van der Waals surface area contributed by atoms with Gasteiger partial charge in [-0.2, -0.15) is 13.2 Å². The largest absolute Gasteiger partial charge is 0.412 e. The van der Waals surface area contributed by atoms with E-state index in [1.54, 1.807) is 4.90 Å². The molecule has 8 heteroatoms. The van der Waals surface area contributed by atoms with Gasteiger partial charge in [-0.15, -0.1) is 10.2 Å². The van der Waals surface area contributed by atoms with E-state index in [4.69, 9.17) is 5.73 Å². The third-order valence-electron chi connectivity index (χ3n) is 2.80. The molecule has 2 heterocycles. The second kappa shape index (κ2) is 4.87. The van der Waals surface area contributed by atoms with Gasteiger partial charge in [-0.05, 0) is 18.6 Å². The van der Waals surface area contributed by atoms with Crippen LogP contribution in [0.3, 0.4) is 0 Å². The van der Waals surface area contributed by atoms with Crippen molar-refractivity contribution in [3.05, 3.63) is 29.5 Å². The highest BCUT2D eigenvalue weighted by Gasteiger charge is 2.34. The molecule has 1 aliphatic heterocycles. The average Bonchev–Trinajstić information content (AvgIpc) is 2.38. The third kappa shape index (κ3) is 3.01. The number of anilines is 1. The summed E-state index contributed by atoms with van der Waals surface area (Å²) in [4.78, 5) is 12.5. The van der Waals surface area contributed by atoms with Crippen molar-refractivity contribution in [2.24, 2.45) is 5.73 Å². The van der Waals surface area contributed by atoms with E-state index in [-0.39, 0.29) is 25.2 Å². The van der Waals surface area contributed by atoms with Gasteiger partial charge in [0.2, 0.25) is 0 Å². The number of primary amides is 1. The van der Waals surface area contributed by atoms with E-state index in [1.807, 2.05) is 0 Å². The van der Waals surface area contributed by atoms with Gasteiger partial charge in [0.25, 0.3) is 5.91 Å².